The summed E-state index contributed by atoms with van der Waals surface area (Å²) in [7, 11) is 0. The molecule has 0 radical (unpaired) electrons. The van der Waals surface area contributed by atoms with Gasteiger partial charge in [0, 0.05) is 25.0 Å². The first-order chi connectivity index (χ1) is 12.8. The molecule has 1 atom stereocenters. The van der Waals surface area contributed by atoms with Crippen LogP contribution in [0.15, 0.2) is 11.6 Å². The highest BCUT2D eigenvalue weighted by Gasteiger charge is 2.23. The van der Waals surface area contributed by atoms with E-state index in [0.29, 0.717) is 19.4 Å². The number of hydrogen-bond donors (Lipinski definition) is 6. The number of hydrogen-bond acceptors (Lipinski definition) is 7. The molecule has 1 rings (SSSR count). The van der Waals surface area contributed by atoms with Gasteiger partial charge in [-0.2, -0.15) is 0 Å². The zero-order valence-corrected chi connectivity index (χ0v) is 15.6. The fourth-order valence-corrected chi connectivity index (χ4v) is 2.61. The van der Waals surface area contributed by atoms with Gasteiger partial charge in [0.25, 0.3) is 0 Å². The van der Waals surface area contributed by atoms with Gasteiger partial charge in [-0.25, -0.2) is 4.98 Å². The number of carbonyl (C=O) groups excluding carboxylic acids is 4. The minimum atomic E-state index is -0.815. The van der Waals surface area contributed by atoms with Gasteiger partial charge < -0.3 is 27.0 Å². The summed E-state index contributed by atoms with van der Waals surface area (Å²) in [6, 6.07) is -0.815. The highest BCUT2D eigenvalue weighted by molar-refractivity contribution is 7.11. The molecule has 1 unspecified atom stereocenters. The smallest absolute Gasteiger partial charge is 0.239 e. The van der Waals surface area contributed by atoms with Crippen molar-refractivity contribution in [3.8, 4) is 0 Å². The highest BCUT2D eigenvalue weighted by Crippen LogP contribution is 2.10. The molecule has 0 fully saturated rings. The topological polar surface area (TPSA) is 179 Å². The molecule has 148 valence electrons. The van der Waals surface area contributed by atoms with Crippen molar-refractivity contribution < 1.29 is 19.2 Å². The first-order valence-corrected chi connectivity index (χ1v) is 8.99. The Balaban J connectivity index is 2.54. The summed E-state index contributed by atoms with van der Waals surface area (Å²) in [5, 5.41) is 18.9. The molecule has 0 aliphatic rings. The highest BCUT2D eigenvalue weighted by atomic mass is 32.1. The number of nitrogens with two attached hydrogens (primary N) is 1. The number of nitrogens with zero attached hydrogens (tertiary/aromatic N) is 1. The second-order valence-electron chi connectivity index (χ2n) is 5.49. The van der Waals surface area contributed by atoms with E-state index in [-0.39, 0.29) is 35.7 Å². The first kappa shape index (κ1) is 22.0. The predicted octanol–water partition coefficient (Wildman–Crippen LogP) is -1.67. The maximum atomic E-state index is 12.5. The van der Waals surface area contributed by atoms with Crippen LogP contribution in [0, 0.1) is 5.41 Å². The Morgan fingerprint density at radius 2 is 1.89 bits per heavy atom. The van der Waals surface area contributed by atoms with E-state index in [9.17, 15) is 19.2 Å². The van der Waals surface area contributed by atoms with Crippen LogP contribution in [0.3, 0.4) is 0 Å². The van der Waals surface area contributed by atoms with Crippen molar-refractivity contribution in [2.75, 3.05) is 19.6 Å². The van der Waals surface area contributed by atoms with Crippen molar-refractivity contribution in [3.63, 3.8) is 0 Å². The normalized spacial score (nSPS) is 11.1. The van der Waals surface area contributed by atoms with Gasteiger partial charge in [0.15, 0.2) is 11.0 Å². The Bertz CT molecular complexity index is 678. The number of aromatic nitrogens is 1. The van der Waals surface area contributed by atoms with E-state index in [1.807, 2.05) is 0 Å². The molecular formula is C15H23N7O4S. The van der Waals surface area contributed by atoms with E-state index < -0.39 is 17.9 Å². The Labute approximate surface area is 160 Å². The zero-order chi connectivity index (χ0) is 20.2. The summed E-state index contributed by atoms with van der Waals surface area (Å²) in [5.74, 6) is -1.92. The maximum absolute atomic E-state index is 12.5. The van der Waals surface area contributed by atoms with Crippen molar-refractivity contribution >= 4 is 40.8 Å². The third kappa shape index (κ3) is 9.30. The largest absolute Gasteiger partial charge is 0.370 e. The molecule has 0 saturated heterocycles. The second-order valence-corrected chi connectivity index (χ2v) is 6.39. The van der Waals surface area contributed by atoms with Crippen LogP contribution in [-0.2, 0) is 14.4 Å². The average molecular weight is 397 g/mol. The minimum Gasteiger partial charge on any atom is -0.370 e. The van der Waals surface area contributed by atoms with Crippen molar-refractivity contribution in [2.24, 2.45) is 5.73 Å². The number of nitrogens with one attached hydrogen (secondary N) is 5. The molecule has 0 aromatic carbocycles. The van der Waals surface area contributed by atoms with Crippen LogP contribution in [0.25, 0.3) is 0 Å². The molecule has 12 heteroatoms. The predicted molar refractivity (Wildman–Crippen MR) is 99.2 cm³/mol. The number of rotatable bonds is 11. The molecule has 0 bridgehead atoms. The lowest BCUT2D eigenvalue weighted by Crippen LogP contribution is -2.47. The quantitative estimate of drug-likeness (QED) is 0.112. The van der Waals surface area contributed by atoms with Gasteiger partial charge in [0.1, 0.15) is 0 Å². The Hall–Kier alpha value is -3.02. The van der Waals surface area contributed by atoms with Gasteiger partial charge in [-0.3, -0.25) is 24.6 Å². The molecule has 7 N–H and O–H groups in total. The summed E-state index contributed by atoms with van der Waals surface area (Å²) in [6.45, 7) is 1.09. The van der Waals surface area contributed by atoms with Crippen molar-refractivity contribution in [1.29, 1.82) is 5.41 Å². The number of ketones is 1. The molecule has 0 saturated carbocycles. The maximum Gasteiger partial charge on any atom is 0.239 e. The molecular weight excluding hydrogens is 374 g/mol. The van der Waals surface area contributed by atoms with Crippen molar-refractivity contribution in [2.45, 2.75) is 25.8 Å². The lowest BCUT2D eigenvalue weighted by atomic mass is 10.1. The lowest BCUT2D eigenvalue weighted by Gasteiger charge is -2.17. The number of amides is 3. The lowest BCUT2D eigenvalue weighted by molar-refractivity contribution is -0.127. The summed E-state index contributed by atoms with van der Waals surface area (Å²) in [5.41, 5.74) is 5.20. The Morgan fingerprint density at radius 3 is 2.48 bits per heavy atom. The van der Waals surface area contributed by atoms with Crippen LogP contribution in [0.2, 0.25) is 0 Å². The summed E-state index contributed by atoms with van der Waals surface area (Å²) >= 11 is 1.17. The summed E-state index contributed by atoms with van der Waals surface area (Å²) < 4.78 is 0. The van der Waals surface area contributed by atoms with E-state index in [2.05, 4.69) is 26.3 Å². The number of carbonyl (C=O) groups is 4. The molecule has 1 aromatic rings. The Morgan fingerprint density at radius 1 is 1.19 bits per heavy atom. The van der Waals surface area contributed by atoms with Gasteiger partial charge in [0.2, 0.25) is 23.5 Å². The van der Waals surface area contributed by atoms with E-state index in [1.165, 1.54) is 24.5 Å². The van der Waals surface area contributed by atoms with Gasteiger partial charge in [-0.05, 0) is 12.8 Å². The molecule has 27 heavy (non-hydrogen) atoms. The number of thiazole rings is 1. The molecule has 11 nitrogen and oxygen atoms in total. The average Bonchev–Trinajstić information content (AvgIpc) is 3.14. The van der Waals surface area contributed by atoms with Crippen LogP contribution in [-0.4, -0.2) is 60.1 Å². The number of guanidine groups is 1. The van der Waals surface area contributed by atoms with Gasteiger partial charge >= 0.3 is 0 Å². The van der Waals surface area contributed by atoms with Crippen molar-refractivity contribution in [1.82, 2.24) is 26.3 Å². The van der Waals surface area contributed by atoms with E-state index in [4.69, 9.17) is 11.1 Å². The monoisotopic (exact) mass is 397 g/mol. The van der Waals surface area contributed by atoms with Crippen LogP contribution < -0.4 is 27.0 Å². The minimum absolute atomic E-state index is 0.177. The van der Waals surface area contributed by atoms with Gasteiger partial charge in [-0.1, -0.05) is 0 Å². The zero-order valence-electron chi connectivity index (χ0n) is 14.8. The molecule has 3 amide bonds. The summed E-state index contributed by atoms with van der Waals surface area (Å²) in [6.07, 6.45) is 2.29. The fourth-order valence-electron chi connectivity index (χ4n) is 1.98. The third-order valence-corrected chi connectivity index (χ3v) is 4.01. The Kier molecular flexibility index (Phi) is 9.43. The molecule has 0 aliphatic heterocycles. The standard InChI is InChI=1S/C15H23N7O4S/c1-9(23)20-7-11(24)21-8-12(25)22-10(3-2-4-19-15(16)17)13(26)14-18-5-6-27-14/h5-6,10H,2-4,7-8H2,1H3,(H,20,23)(H,21,24)(H,22,25)(H4,16,17,19). The van der Waals surface area contributed by atoms with Crippen LogP contribution in [0.1, 0.15) is 29.6 Å². The molecule has 0 spiro atoms. The van der Waals surface area contributed by atoms with E-state index >= 15 is 0 Å². The molecule has 0 aliphatic carbocycles. The van der Waals surface area contributed by atoms with Gasteiger partial charge in [0.05, 0.1) is 19.1 Å². The number of Topliss-reactive ketones (excluding diaryl/α,β-unsaturated/α-hetero) is 1. The summed E-state index contributed by atoms with van der Waals surface area (Å²) in [4.78, 5) is 50.8. The second kappa shape index (κ2) is 11.6. The van der Waals surface area contributed by atoms with E-state index in [1.54, 1.807) is 5.38 Å². The van der Waals surface area contributed by atoms with Crippen LogP contribution in [0.4, 0.5) is 0 Å². The molecule has 1 heterocycles. The fraction of sp³-hybridized carbons (Fsp3) is 0.467. The molecule has 1 aromatic heterocycles. The SMILES string of the molecule is CC(=O)NCC(=O)NCC(=O)NC(CCCNC(=N)N)C(=O)c1nccs1. The van der Waals surface area contributed by atoms with E-state index in [0.717, 1.165) is 0 Å². The first-order valence-electron chi connectivity index (χ1n) is 8.11. The van der Waals surface area contributed by atoms with Crippen LogP contribution in [0.5, 0.6) is 0 Å². The van der Waals surface area contributed by atoms with Crippen LogP contribution >= 0.6 is 11.3 Å². The van der Waals surface area contributed by atoms with Gasteiger partial charge in [-0.15, -0.1) is 11.3 Å². The third-order valence-electron chi connectivity index (χ3n) is 3.22. The van der Waals surface area contributed by atoms with Crippen molar-refractivity contribution in [3.05, 3.63) is 16.6 Å².